The molecule has 0 saturated carbocycles. The summed E-state index contributed by atoms with van der Waals surface area (Å²) in [5.41, 5.74) is 2.74. The standard InChI is InChI=1S/C16H21ClN2O/c1-5-19-14(15(17)12(3)18-19)10-16(4,20)13-9-7-6-8-11(13)2/h6-9,20H,5,10H2,1-4H3. The van der Waals surface area contributed by atoms with Gasteiger partial charge in [0.25, 0.3) is 0 Å². The summed E-state index contributed by atoms with van der Waals surface area (Å²) in [7, 11) is 0. The zero-order chi connectivity index (χ0) is 14.9. The first-order valence-electron chi connectivity index (χ1n) is 6.87. The molecule has 0 fully saturated rings. The topological polar surface area (TPSA) is 38.0 Å². The molecule has 0 spiro atoms. The fraction of sp³-hybridized carbons (Fsp3) is 0.438. The van der Waals surface area contributed by atoms with Crippen LogP contribution in [-0.2, 0) is 18.6 Å². The Kier molecular flexibility index (Phi) is 4.21. The minimum atomic E-state index is -0.964. The lowest BCUT2D eigenvalue weighted by Crippen LogP contribution is -2.27. The van der Waals surface area contributed by atoms with Crippen LogP contribution in [0.25, 0.3) is 0 Å². The molecule has 3 nitrogen and oxygen atoms in total. The summed E-state index contributed by atoms with van der Waals surface area (Å²) in [5, 5.41) is 15.9. The van der Waals surface area contributed by atoms with Gasteiger partial charge in [-0.1, -0.05) is 35.9 Å². The summed E-state index contributed by atoms with van der Waals surface area (Å²) in [6.45, 7) is 8.49. The maximum absolute atomic E-state index is 10.9. The van der Waals surface area contributed by atoms with E-state index in [2.05, 4.69) is 5.10 Å². The molecule has 108 valence electrons. The van der Waals surface area contributed by atoms with Gasteiger partial charge in [0.2, 0.25) is 0 Å². The largest absolute Gasteiger partial charge is 0.385 e. The van der Waals surface area contributed by atoms with Crippen LogP contribution in [0.3, 0.4) is 0 Å². The normalized spacial score (nSPS) is 14.3. The van der Waals surface area contributed by atoms with Crippen molar-refractivity contribution in [2.24, 2.45) is 0 Å². The molecule has 0 radical (unpaired) electrons. The molecule has 2 rings (SSSR count). The van der Waals surface area contributed by atoms with E-state index in [-0.39, 0.29) is 0 Å². The number of aromatic nitrogens is 2. The zero-order valence-corrected chi connectivity index (χ0v) is 13.2. The summed E-state index contributed by atoms with van der Waals surface area (Å²) < 4.78 is 1.87. The molecule has 20 heavy (non-hydrogen) atoms. The highest BCUT2D eigenvalue weighted by molar-refractivity contribution is 6.31. The van der Waals surface area contributed by atoms with Gasteiger partial charge in [-0.2, -0.15) is 5.10 Å². The zero-order valence-electron chi connectivity index (χ0n) is 12.4. The highest BCUT2D eigenvalue weighted by Crippen LogP contribution is 2.31. The molecule has 0 saturated heterocycles. The molecule has 1 aromatic carbocycles. The molecular formula is C16H21ClN2O. The van der Waals surface area contributed by atoms with Gasteiger partial charge in [-0.3, -0.25) is 4.68 Å². The highest BCUT2D eigenvalue weighted by atomic mass is 35.5. The first-order chi connectivity index (χ1) is 9.36. The number of hydrogen-bond acceptors (Lipinski definition) is 2. The van der Waals surface area contributed by atoms with Gasteiger partial charge in [-0.15, -0.1) is 0 Å². The van der Waals surface area contributed by atoms with Crippen molar-refractivity contribution in [1.82, 2.24) is 9.78 Å². The van der Waals surface area contributed by atoms with E-state index in [4.69, 9.17) is 11.6 Å². The van der Waals surface area contributed by atoms with Crippen molar-refractivity contribution in [1.29, 1.82) is 0 Å². The number of rotatable bonds is 4. The second-order valence-electron chi connectivity index (χ2n) is 5.43. The van der Waals surface area contributed by atoms with Crippen molar-refractivity contribution < 1.29 is 5.11 Å². The maximum atomic E-state index is 10.9. The SMILES string of the molecule is CCn1nc(C)c(Cl)c1CC(C)(O)c1ccccc1C. The third-order valence-electron chi connectivity index (χ3n) is 3.69. The van der Waals surface area contributed by atoms with Gasteiger partial charge in [-0.05, 0) is 38.8 Å². The van der Waals surface area contributed by atoms with E-state index >= 15 is 0 Å². The summed E-state index contributed by atoms with van der Waals surface area (Å²) in [6, 6.07) is 7.89. The Hall–Kier alpha value is -1.32. The van der Waals surface area contributed by atoms with Crippen molar-refractivity contribution in [3.8, 4) is 0 Å². The Balaban J connectivity index is 2.41. The van der Waals surface area contributed by atoms with Gasteiger partial charge >= 0.3 is 0 Å². The molecule has 1 aromatic heterocycles. The fourth-order valence-electron chi connectivity index (χ4n) is 2.64. The van der Waals surface area contributed by atoms with Crippen LogP contribution in [0.15, 0.2) is 24.3 Å². The number of hydrogen-bond donors (Lipinski definition) is 1. The van der Waals surface area contributed by atoms with Crippen LogP contribution in [0.5, 0.6) is 0 Å². The molecule has 1 atom stereocenters. The van der Waals surface area contributed by atoms with Gasteiger partial charge in [0.1, 0.15) is 0 Å². The van der Waals surface area contributed by atoms with Crippen LogP contribution in [0.4, 0.5) is 0 Å². The second kappa shape index (κ2) is 5.58. The fourth-order valence-corrected chi connectivity index (χ4v) is 2.84. The van der Waals surface area contributed by atoms with Crippen LogP contribution in [0, 0.1) is 13.8 Å². The molecule has 0 aliphatic rings. The molecule has 0 amide bonds. The predicted octanol–water partition coefficient (Wildman–Crippen LogP) is 3.62. The lowest BCUT2D eigenvalue weighted by atomic mass is 9.88. The van der Waals surface area contributed by atoms with Crippen LogP contribution in [0.1, 0.15) is 36.4 Å². The summed E-state index contributed by atoms with van der Waals surface area (Å²) >= 11 is 6.33. The van der Waals surface area contributed by atoms with E-state index in [1.807, 2.05) is 56.6 Å². The number of benzene rings is 1. The average Bonchev–Trinajstić information content (AvgIpc) is 2.66. The molecular weight excluding hydrogens is 272 g/mol. The Bertz CT molecular complexity index is 617. The summed E-state index contributed by atoms with van der Waals surface area (Å²) in [5.74, 6) is 0. The average molecular weight is 293 g/mol. The van der Waals surface area contributed by atoms with E-state index in [0.717, 1.165) is 29.1 Å². The predicted molar refractivity (Wildman–Crippen MR) is 82.1 cm³/mol. The third kappa shape index (κ3) is 2.74. The van der Waals surface area contributed by atoms with Gasteiger partial charge in [0.05, 0.1) is 22.0 Å². The van der Waals surface area contributed by atoms with Gasteiger partial charge in [-0.25, -0.2) is 0 Å². The minimum absolute atomic E-state index is 0.450. The Morgan fingerprint density at radius 2 is 1.95 bits per heavy atom. The molecule has 1 heterocycles. The van der Waals surface area contributed by atoms with E-state index in [0.29, 0.717) is 11.4 Å². The summed E-state index contributed by atoms with van der Waals surface area (Å²) in [6.07, 6.45) is 0.450. The minimum Gasteiger partial charge on any atom is -0.385 e. The Labute approximate surface area is 125 Å². The van der Waals surface area contributed by atoms with Crippen molar-refractivity contribution in [2.75, 3.05) is 0 Å². The van der Waals surface area contributed by atoms with E-state index in [9.17, 15) is 5.11 Å². The first kappa shape index (κ1) is 15.1. The lowest BCUT2D eigenvalue weighted by molar-refractivity contribution is 0.0548. The Morgan fingerprint density at radius 1 is 1.30 bits per heavy atom. The van der Waals surface area contributed by atoms with Crippen molar-refractivity contribution >= 4 is 11.6 Å². The third-order valence-corrected chi connectivity index (χ3v) is 4.18. The molecule has 2 aromatic rings. The molecule has 0 aliphatic heterocycles. The number of aryl methyl sites for hydroxylation is 3. The van der Waals surface area contributed by atoms with Crippen LogP contribution >= 0.6 is 11.6 Å². The van der Waals surface area contributed by atoms with Crippen molar-refractivity contribution in [3.63, 3.8) is 0 Å². The monoisotopic (exact) mass is 292 g/mol. The van der Waals surface area contributed by atoms with E-state index in [1.54, 1.807) is 0 Å². The number of halogens is 1. The molecule has 1 unspecified atom stereocenters. The Morgan fingerprint density at radius 3 is 2.55 bits per heavy atom. The molecule has 0 aliphatic carbocycles. The van der Waals surface area contributed by atoms with Crippen LogP contribution in [0.2, 0.25) is 5.02 Å². The van der Waals surface area contributed by atoms with Gasteiger partial charge in [0.15, 0.2) is 0 Å². The molecule has 1 N–H and O–H groups in total. The highest BCUT2D eigenvalue weighted by Gasteiger charge is 2.28. The second-order valence-corrected chi connectivity index (χ2v) is 5.81. The summed E-state index contributed by atoms with van der Waals surface area (Å²) in [4.78, 5) is 0. The number of aliphatic hydroxyl groups is 1. The molecule has 4 heteroatoms. The van der Waals surface area contributed by atoms with Crippen molar-refractivity contribution in [2.45, 2.75) is 46.3 Å². The smallest absolute Gasteiger partial charge is 0.0926 e. The first-order valence-corrected chi connectivity index (χ1v) is 7.25. The maximum Gasteiger partial charge on any atom is 0.0926 e. The number of nitrogens with zero attached hydrogens (tertiary/aromatic N) is 2. The molecule has 0 bridgehead atoms. The van der Waals surface area contributed by atoms with Crippen LogP contribution in [-0.4, -0.2) is 14.9 Å². The van der Waals surface area contributed by atoms with Gasteiger partial charge in [0, 0.05) is 13.0 Å². The van der Waals surface area contributed by atoms with Crippen molar-refractivity contribution in [3.05, 3.63) is 51.8 Å². The quantitative estimate of drug-likeness (QED) is 0.934. The van der Waals surface area contributed by atoms with Gasteiger partial charge < -0.3 is 5.11 Å². The lowest BCUT2D eigenvalue weighted by Gasteiger charge is -2.26. The van der Waals surface area contributed by atoms with E-state index in [1.165, 1.54) is 0 Å². The van der Waals surface area contributed by atoms with Crippen LogP contribution < -0.4 is 0 Å². The van der Waals surface area contributed by atoms with E-state index < -0.39 is 5.60 Å².